The van der Waals surface area contributed by atoms with Crippen LogP contribution in [0.2, 0.25) is 0 Å². The summed E-state index contributed by atoms with van der Waals surface area (Å²) in [4.78, 5) is 34.5. The number of non-ortho nitro benzene ring substituents is 1. The van der Waals surface area contributed by atoms with E-state index in [4.69, 9.17) is 4.74 Å². The summed E-state index contributed by atoms with van der Waals surface area (Å²) in [6, 6.07) is 5.16. The first-order valence-corrected chi connectivity index (χ1v) is 7.39. The molecule has 0 bridgehead atoms. The van der Waals surface area contributed by atoms with Crippen LogP contribution in [0.3, 0.4) is 0 Å². The van der Waals surface area contributed by atoms with Gasteiger partial charge in [0.25, 0.3) is 5.69 Å². The van der Waals surface area contributed by atoms with Crippen molar-refractivity contribution in [2.24, 2.45) is 0 Å². The number of hydrogen-bond acceptors (Lipinski definition) is 5. The Morgan fingerprint density at radius 2 is 1.78 bits per heavy atom. The van der Waals surface area contributed by atoms with Gasteiger partial charge in [0.15, 0.2) is 11.4 Å². The van der Waals surface area contributed by atoms with Crippen LogP contribution in [0.1, 0.15) is 50.4 Å². The van der Waals surface area contributed by atoms with Crippen molar-refractivity contribution < 1.29 is 19.2 Å². The minimum atomic E-state index is -1.14. The average molecular weight is 317 g/mol. The predicted octanol–water partition coefficient (Wildman–Crippen LogP) is 3.60. The van der Waals surface area contributed by atoms with Crippen LogP contribution < -0.4 is 0 Å². The Labute approximate surface area is 134 Å². The third-order valence-corrected chi connectivity index (χ3v) is 4.43. The van der Waals surface area contributed by atoms with Crippen molar-refractivity contribution in [3.8, 4) is 0 Å². The molecule has 0 N–H and O–H groups in total. The van der Waals surface area contributed by atoms with Crippen LogP contribution in [0.15, 0.2) is 35.4 Å². The number of esters is 1. The molecule has 122 valence electrons. The van der Waals surface area contributed by atoms with Crippen molar-refractivity contribution in [1.82, 2.24) is 0 Å². The van der Waals surface area contributed by atoms with Gasteiger partial charge in [-0.3, -0.25) is 14.9 Å². The Hall–Kier alpha value is -2.50. The maximum atomic E-state index is 12.3. The van der Waals surface area contributed by atoms with Gasteiger partial charge in [0, 0.05) is 18.6 Å². The molecule has 0 spiro atoms. The fourth-order valence-electron chi connectivity index (χ4n) is 2.69. The molecule has 0 amide bonds. The molecule has 1 atom stereocenters. The van der Waals surface area contributed by atoms with E-state index in [1.54, 1.807) is 0 Å². The largest absolute Gasteiger partial charge is 0.447 e. The molecule has 0 aliphatic heterocycles. The highest BCUT2D eigenvalue weighted by atomic mass is 16.6. The number of nitro groups is 1. The molecule has 0 saturated carbocycles. The van der Waals surface area contributed by atoms with Gasteiger partial charge < -0.3 is 4.74 Å². The van der Waals surface area contributed by atoms with Gasteiger partial charge in [-0.25, -0.2) is 4.79 Å². The van der Waals surface area contributed by atoms with Gasteiger partial charge in [-0.05, 0) is 45.7 Å². The molecule has 0 saturated heterocycles. The van der Waals surface area contributed by atoms with E-state index in [0.717, 1.165) is 5.57 Å². The molecule has 0 fully saturated rings. The first kappa shape index (κ1) is 16.9. The third-order valence-electron chi connectivity index (χ3n) is 4.43. The van der Waals surface area contributed by atoms with Gasteiger partial charge >= 0.3 is 5.97 Å². The van der Waals surface area contributed by atoms with Crippen molar-refractivity contribution in [2.75, 3.05) is 0 Å². The smallest absolute Gasteiger partial charge is 0.339 e. The molecule has 0 radical (unpaired) electrons. The van der Waals surface area contributed by atoms with E-state index in [2.05, 4.69) is 0 Å². The highest BCUT2D eigenvalue weighted by molar-refractivity contribution is 5.94. The van der Waals surface area contributed by atoms with Crippen molar-refractivity contribution in [1.29, 1.82) is 0 Å². The van der Waals surface area contributed by atoms with Gasteiger partial charge in [-0.1, -0.05) is 11.1 Å². The van der Waals surface area contributed by atoms with Gasteiger partial charge in [-0.15, -0.1) is 0 Å². The Morgan fingerprint density at radius 1 is 1.17 bits per heavy atom. The number of rotatable bonds is 4. The summed E-state index contributed by atoms with van der Waals surface area (Å²) in [5.74, 6) is -0.818. The molecule has 1 aliphatic carbocycles. The lowest BCUT2D eigenvalue weighted by Gasteiger charge is -2.35. The second-order valence-electron chi connectivity index (χ2n) is 5.98. The molecule has 2 rings (SSSR count). The van der Waals surface area contributed by atoms with E-state index in [1.807, 2.05) is 13.8 Å². The maximum absolute atomic E-state index is 12.3. The van der Waals surface area contributed by atoms with E-state index in [-0.39, 0.29) is 17.0 Å². The van der Waals surface area contributed by atoms with Crippen LogP contribution in [0.25, 0.3) is 0 Å². The topological polar surface area (TPSA) is 86.5 Å². The van der Waals surface area contributed by atoms with Crippen molar-refractivity contribution >= 4 is 17.4 Å². The van der Waals surface area contributed by atoms with Crippen LogP contribution in [0, 0.1) is 10.1 Å². The Balaban J connectivity index is 2.22. The van der Waals surface area contributed by atoms with Crippen LogP contribution in [-0.4, -0.2) is 22.3 Å². The standard InChI is InChI=1S/C17H19NO5/c1-11-8-9-17(13(3)19,10-12(11)2)23-16(20)14-4-6-15(7-5-14)18(21)22/h4-7H,8-10H2,1-3H3. The second-order valence-corrected chi connectivity index (χ2v) is 5.98. The summed E-state index contributed by atoms with van der Waals surface area (Å²) in [7, 11) is 0. The van der Waals surface area contributed by atoms with Crippen LogP contribution in [-0.2, 0) is 9.53 Å². The highest BCUT2D eigenvalue weighted by Crippen LogP contribution is 2.36. The summed E-state index contributed by atoms with van der Waals surface area (Å²) < 4.78 is 5.55. The molecule has 23 heavy (non-hydrogen) atoms. The summed E-state index contributed by atoms with van der Waals surface area (Å²) >= 11 is 0. The quantitative estimate of drug-likeness (QED) is 0.366. The average Bonchev–Trinajstić information content (AvgIpc) is 2.51. The second kappa shape index (κ2) is 6.32. The highest BCUT2D eigenvalue weighted by Gasteiger charge is 2.42. The zero-order valence-corrected chi connectivity index (χ0v) is 13.4. The number of ether oxygens (including phenoxy) is 1. The van der Waals surface area contributed by atoms with Gasteiger partial charge in [0.05, 0.1) is 10.5 Å². The van der Waals surface area contributed by atoms with Crippen molar-refractivity contribution in [2.45, 2.75) is 45.6 Å². The number of carbonyl (C=O) groups is 2. The minimum absolute atomic E-state index is 0.102. The van der Waals surface area contributed by atoms with E-state index in [1.165, 1.54) is 36.8 Å². The van der Waals surface area contributed by atoms with Crippen LogP contribution in [0.5, 0.6) is 0 Å². The van der Waals surface area contributed by atoms with E-state index in [9.17, 15) is 19.7 Å². The first-order valence-electron chi connectivity index (χ1n) is 7.39. The molecule has 1 aromatic carbocycles. The predicted molar refractivity (Wildman–Crippen MR) is 84.1 cm³/mol. The zero-order chi connectivity index (χ0) is 17.2. The number of benzene rings is 1. The maximum Gasteiger partial charge on any atom is 0.339 e. The van der Waals surface area contributed by atoms with E-state index in [0.29, 0.717) is 19.3 Å². The lowest BCUT2D eigenvalue weighted by molar-refractivity contribution is -0.384. The van der Waals surface area contributed by atoms with Gasteiger partial charge in [0.1, 0.15) is 0 Å². The number of nitro benzene ring substituents is 1. The monoisotopic (exact) mass is 317 g/mol. The van der Waals surface area contributed by atoms with Gasteiger partial charge in [-0.2, -0.15) is 0 Å². The number of hydrogen-bond donors (Lipinski definition) is 0. The molecule has 0 heterocycles. The Bertz CT molecular complexity index is 689. The Morgan fingerprint density at radius 3 is 2.26 bits per heavy atom. The molecular weight excluding hydrogens is 298 g/mol. The van der Waals surface area contributed by atoms with E-state index >= 15 is 0 Å². The van der Waals surface area contributed by atoms with E-state index < -0.39 is 16.5 Å². The summed E-state index contributed by atoms with van der Waals surface area (Å²) in [5.41, 5.74) is 1.23. The molecule has 1 aliphatic rings. The fraction of sp³-hybridized carbons (Fsp3) is 0.412. The molecular formula is C17H19NO5. The molecule has 0 aromatic heterocycles. The third kappa shape index (κ3) is 3.47. The lowest BCUT2D eigenvalue weighted by Crippen LogP contribution is -2.44. The number of ketones is 1. The van der Waals surface area contributed by atoms with Crippen LogP contribution in [0.4, 0.5) is 5.69 Å². The zero-order valence-electron chi connectivity index (χ0n) is 13.4. The van der Waals surface area contributed by atoms with Crippen molar-refractivity contribution in [3.63, 3.8) is 0 Å². The van der Waals surface area contributed by atoms with Gasteiger partial charge in [0.2, 0.25) is 0 Å². The SMILES string of the molecule is CC(=O)C1(OC(=O)c2ccc([N+](=O)[O-])cc2)CCC(C)=C(C)C1. The number of allylic oxidation sites excluding steroid dienone is 1. The molecule has 6 nitrogen and oxygen atoms in total. The molecule has 1 aromatic rings. The molecule has 1 unspecified atom stereocenters. The van der Waals surface area contributed by atoms with Crippen molar-refractivity contribution in [3.05, 3.63) is 51.1 Å². The first-order chi connectivity index (χ1) is 10.7. The summed E-state index contributed by atoms with van der Waals surface area (Å²) in [5, 5.41) is 10.6. The minimum Gasteiger partial charge on any atom is -0.447 e. The summed E-state index contributed by atoms with van der Waals surface area (Å²) in [6.45, 7) is 5.38. The fourth-order valence-corrected chi connectivity index (χ4v) is 2.69. The molecule has 6 heteroatoms. The van der Waals surface area contributed by atoms with Crippen LogP contribution >= 0.6 is 0 Å². The lowest BCUT2D eigenvalue weighted by atomic mass is 9.79. The normalized spacial score (nSPS) is 21.0. The number of Topliss-reactive ketones (excluding diaryl/α,β-unsaturated/α-hetero) is 1. The number of nitrogens with zero attached hydrogens (tertiary/aromatic N) is 1. The number of carbonyl (C=O) groups excluding carboxylic acids is 2. The Kier molecular flexibility index (Phi) is 4.63. The summed E-state index contributed by atoms with van der Waals surface area (Å²) in [6.07, 6.45) is 1.57.